The zero-order valence-electron chi connectivity index (χ0n) is 7.26. The van der Waals surface area contributed by atoms with Gasteiger partial charge in [-0.2, -0.15) is 0 Å². The van der Waals surface area contributed by atoms with Gasteiger partial charge < -0.3 is 9.29 Å². The van der Waals surface area contributed by atoms with Gasteiger partial charge in [-0.3, -0.25) is 0 Å². The Kier molecular flexibility index (Phi) is 3.11. The van der Waals surface area contributed by atoms with Crippen LogP contribution in [-0.4, -0.2) is 16.9 Å². The normalized spacial score (nSPS) is 21.5. The van der Waals surface area contributed by atoms with Crippen LogP contribution in [0.1, 0.15) is 5.56 Å². The van der Waals surface area contributed by atoms with Crippen molar-refractivity contribution in [3.8, 4) is 0 Å². The van der Waals surface area contributed by atoms with Crippen molar-refractivity contribution in [3.63, 3.8) is 0 Å². The summed E-state index contributed by atoms with van der Waals surface area (Å²) in [6.45, 7) is 0.624. The van der Waals surface area contributed by atoms with E-state index >= 15 is 0 Å². The molecule has 0 N–H and O–H groups in total. The molecule has 0 aliphatic carbocycles. The van der Waals surface area contributed by atoms with Crippen molar-refractivity contribution in [2.45, 2.75) is 11.5 Å². The molecule has 1 aliphatic rings. The number of hydrogen-bond donors (Lipinski definition) is 0. The van der Waals surface area contributed by atoms with E-state index in [0.717, 1.165) is 0 Å². The Bertz CT molecular complexity index is 359. The third-order valence-corrected chi connectivity index (χ3v) is 3.87. The predicted octanol–water partition coefficient (Wildman–Crippen LogP) is 2.23. The highest BCUT2D eigenvalue weighted by Gasteiger charge is 2.23. The molecule has 2 nitrogen and oxygen atoms in total. The van der Waals surface area contributed by atoms with Gasteiger partial charge in [0.2, 0.25) is 0 Å². The van der Waals surface area contributed by atoms with Gasteiger partial charge in [-0.15, -0.1) is 0 Å². The van der Waals surface area contributed by atoms with E-state index in [-0.39, 0.29) is 12.4 Å². The first-order valence-electron chi connectivity index (χ1n) is 4.12. The molecule has 14 heavy (non-hydrogen) atoms. The lowest BCUT2D eigenvalue weighted by Gasteiger charge is -2.10. The molecule has 0 bridgehead atoms. The first kappa shape index (κ1) is 10.4. The van der Waals surface area contributed by atoms with E-state index < -0.39 is 11.2 Å². The highest BCUT2D eigenvalue weighted by molar-refractivity contribution is 9.10. The SMILES string of the molecule is [O-][S+]1CCOCc2c(F)cc(Br)cc21. The fourth-order valence-electron chi connectivity index (χ4n) is 1.34. The number of rotatable bonds is 0. The second-order valence-electron chi connectivity index (χ2n) is 2.97. The summed E-state index contributed by atoms with van der Waals surface area (Å²) < 4.78 is 30.9. The number of benzene rings is 1. The second kappa shape index (κ2) is 4.18. The van der Waals surface area contributed by atoms with Crippen molar-refractivity contribution in [1.82, 2.24) is 0 Å². The summed E-state index contributed by atoms with van der Waals surface area (Å²) in [7, 11) is 0. The van der Waals surface area contributed by atoms with Gasteiger partial charge in [-0.25, -0.2) is 4.39 Å². The van der Waals surface area contributed by atoms with Crippen LogP contribution in [0.2, 0.25) is 0 Å². The van der Waals surface area contributed by atoms with Gasteiger partial charge in [0.15, 0.2) is 4.90 Å². The third-order valence-electron chi connectivity index (χ3n) is 2.02. The molecule has 0 saturated heterocycles. The number of halogens is 2. The van der Waals surface area contributed by atoms with E-state index in [1.54, 1.807) is 6.07 Å². The average molecular weight is 279 g/mol. The quantitative estimate of drug-likeness (QED) is 0.682. The monoisotopic (exact) mass is 278 g/mol. The van der Waals surface area contributed by atoms with Gasteiger partial charge in [-0.05, 0) is 17.2 Å². The van der Waals surface area contributed by atoms with E-state index in [4.69, 9.17) is 4.74 Å². The summed E-state index contributed by atoms with van der Waals surface area (Å²) in [6.07, 6.45) is 0. The van der Waals surface area contributed by atoms with Crippen LogP contribution in [0, 0.1) is 5.82 Å². The lowest BCUT2D eigenvalue weighted by molar-refractivity contribution is 0.134. The molecule has 1 aromatic rings. The van der Waals surface area contributed by atoms with Crippen LogP contribution < -0.4 is 0 Å². The van der Waals surface area contributed by atoms with Crippen molar-refractivity contribution in [3.05, 3.63) is 28.0 Å². The molecule has 1 unspecified atom stereocenters. The Balaban J connectivity index is 2.53. The maximum absolute atomic E-state index is 13.4. The van der Waals surface area contributed by atoms with Crippen LogP contribution in [0.3, 0.4) is 0 Å². The maximum atomic E-state index is 13.4. The molecule has 0 saturated carbocycles. The van der Waals surface area contributed by atoms with Crippen LogP contribution in [0.5, 0.6) is 0 Å². The van der Waals surface area contributed by atoms with Gasteiger partial charge >= 0.3 is 0 Å². The molecule has 76 valence electrons. The molecule has 1 aliphatic heterocycles. The maximum Gasteiger partial charge on any atom is 0.162 e. The Hall–Kier alpha value is -0.100. The van der Waals surface area contributed by atoms with Gasteiger partial charge in [0.05, 0.1) is 18.8 Å². The highest BCUT2D eigenvalue weighted by atomic mass is 79.9. The molecule has 0 spiro atoms. The van der Waals surface area contributed by atoms with Crippen LogP contribution in [0.25, 0.3) is 0 Å². The summed E-state index contributed by atoms with van der Waals surface area (Å²) in [5.74, 6) is 0.0766. The van der Waals surface area contributed by atoms with Gasteiger partial charge in [0.25, 0.3) is 0 Å². The van der Waals surface area contributed by atoms with Gasteiger partial charge in [0, 0.05) is 10.5 Å². The number of hydrogen-bond acceptors (Lipinski definition) is 2. The highest BCUT2D eigenvalue weighted by Crippen LogP contribution is 2.27. The molecular weight excluding hydrogens is 271 g/mol. The number of ether oxygens (including phenoxy) is 1. The lowest BCUT2D eigenvalue weighted by Crippen LogP contribution is -2.09. The standard InChI is InChI=1S/C9H8BrFO2S/c10-6-3-8(11)7-5-13-1-2-14(12)9(7)4-6/h3-4H,1-2,5H2. The minimum Gasteiger partial charge on any atom is -0.611 e. The van der Waals surface area contributed by atoms with Crippen molar-refractivity contribution in [2.75, 3.05) is 12.4 Å². The largest absolute Gasteiger partial charge is 0.611 e. The molecule has 0 fully saturated rings. The predicted molar refractivity (Wildman–Crippen MR) is 55.0 cm³/mol. The summed E-state index contributed by atoms with van der Waals surface area (Å²) >= 11 is 2.03. The Morgan fingerprint density at radius 2 is 2.29 bits per heavy atom. The summed E-state index contributed by atoms with van der Waals surface area (Å²) in [5, 5.41) is 0. The fourth-order valence-corrected chi connectivity index (χ4v) is 3.10. The molecule has 0 radical (unpaired) electrons. The zero-order valence-corrected chi connectivity index (χ0v) is 9.66. The van der Waals surface area contributed by atoms with Crippen molar-refractivity contribution >= 4 is 27.1 Å². The minimum atomic E-state index is -1.15. The van der Waals surface area contributed by atoms with Gasteiger partial charge in [-0.1, -0.05) is 15.9 Å². The van der Waals surface area contributed by atoms with Crippen molar-refractivity contribution < 1.29 is 13.7 Å². The number of fused-ring (bicyclic) bond motifs is 1. The Labute approximate surface area is 92.8 Å². The third kappa shape index (κ3) is 1.95. The first-order chi connectivity index (χ1) is 6.68. The molecule has 0 amide bonds. The smallest absolute Gasteiger partial charge is 0.162 e. The van der Waals surface area contributed by atoms with Crippen LogP contribution in [0.15, 0.2) is 21.5 Å². The van der Waals surface area contributed by atoms with Gasteiger partial charge in [0.1, 0.15) is 11.6 Å². The van der Waals surface area contributed by atoms with E-state index in [0.29, 0.717) is 27.3 Å². The molecular formula is C9H8BrFO2S. The Morgan fingerprint density at radius 1 is 1.50 bits per heavy atom. The van der Waals surface area contributed by atoms with E-state index in [2.05, 4.69) is 15.9 Å². The van der Waals surface area contributed by atoms with Crippen molar-refractivity contribution in [1.29, 1.82) is 0 Å². The van der Waals surface area contributed by atoms with Crippen LogP contribution in [0.4, 0.5) is 4.39 Å². The molecule has 5 heteroatoms. The van der Waals surface area contributed by atoms with Crippen LogP contribution >= 0.6 is 15.9 Å². The Morgan fingerprint density at radius 3 is 3.07 bits per heavy atom. The molecule has 2 rings (SSSR count). The average Bonchev–Trinajstić information content (AvgIpc) is 2.29. The summed E-state index contributed by atoms with van der Waals surface area (Å²) in [4.78, 5) is 0.550. The lowest BCUT2D eigenvalue weighted by atomic mass is 10.2. The topological polar surface area (TPSA) is 32.3 Å². The molecule has 0 aromatic heterocycles. The van der Waals surface area contributed by atoms with E-state index in [1.165, 1.54) is 6.07 Å². The van der Waals surface area contributed by atoms with E-state index in [1.807, 2.05) is 0 Å². The minimum absolute atomic E-state index is 0.209. The second-order valence-corrected chi connectivity index (χ2v) is 5.42. The molecule has 1 atom stereocenters. The van der Waals surface area contributed by atoms with Crippen LogP contribution in [-0.2, 0) is 22.5 Å². The summed E-state index contributed by atoms with van der Waals surface area (Å²) in [5.41, 5.74) is 0.420. The van der Waals surface area contributed by atoms with Crippen molar-refractivity contribution in [2.24, 2.45) is 0 Å². The van der Waals surface area contributed by atoms with E-state index in [9.17, 15) is 8.94 Å². The molecule has 1 aromatic carbocycles. The molecule has 1 heterocycles. The summed E-state index contributed by atoms with van der Waals surface area (Å²) in [6, 6.07) is 3.06. The first-order valence-corrected chi connectivity index (χ1v) is 6.23. The zero-order chi connectivity index (χ0) is 10.1. The fraction of sp³-hybridized carbons (Fsp3) is 0.333.